The first-order chi connectivity index (χ1) is 11.2. The lowest BCUT2D eigenvalue weighted by Gasteiger charge is -2.38. The highest BCUT2D eigenvalue weighted by Gasteiger charge is 2.35. The molecule has 4 rings (SSSR count). The molecule has 7 nitrogen and oxygen atoms in total. The number of carbonyl (C=O) groups is 1. The van der Waals surface area contributed by atoms with Crippen LogP contribution in [0, 0.1) is 11.3 Å². The highest BCUT2D eigenvalue weighted by Crippen LogP contribution is 2.40. The van der Waals surface area contributed by atoms with E-state index in [2.05, 4.69) is 10.1 Å². The molecule has 0 atom stereocenters. The van der Waals surface area contributed by atoms with Crippen LogP contribution in [-0.4, -0.2) is 40.1 Å². The van der Waals surface area contributed by atoms with E-state index in [1.807, 2.05) is 6.07 Å². The fourth-order valence-corrected chi connectivity index (χ4v) is 2.48. The number of hydrogen-bond acceptors (Lipinski definition) is 6. The van der Waals surface area contributed by atoms with Crippen LogP contribution in [0.3, 0.4) is 0 Å². The van der Waals surface area contributed by atoms with E-state index in [1.165, 1.54) is 6.20 Å². The molecule has 1 amide bonds. The van der Waals surface area contributed by atoms with Gasteiger partial charge in [-0.1, -0.05) is 5.16 Å². The lowest BCUT2D eigenvalue weighted by molar-refractivity contribution is 0.0153. The van der Waals surface area contributed by atoms with Gasteiger partial charge < -0.3 is 14.2 Å². The molecule has 1 saturated heterocycles. The van der Waals surface area contributed by atoms with Crippen molar-refractivity contribution in [2.75, 3.05) is 13.1 Å². The molecule has 7 heteroatoms. The molecule has 23 heavy (non-hydrogen) atoms. The minimum atomic E-state index is -0.131. The third-order valence-corrected chi connectivity index (χ3v) is 4.02. The van der Waals surface area contributed by atoms with Crippen LogP contribution < -0.4 is 4.74 Å². The van der Waals surface area contributed by atoms with E-state index in [9.17, 15) is 4.79 Å². The van der Waals surface area contributed by atoms with E-state index in [-0.39, 0.29) is 12.0 Å². The topological polar surface area (TPSA) is 92.2 Å². The van der Waals surface area contributed by atoms with Crippen LogP contribution in [0.15, 0.2) is 28.9 Å². The van der Waals surface area contributed by atoms with Crippen molar-refractivity contribution in [1.82, 2.24) is 15.0 Å². The summed E-state index contributed by atoms with van der Waals surface area (Å²) in [5.74, 6) is 1.58. The molecule has 0 unspecified atom stereocenters. The van der Waals surface area contributed by atoms with E-state index in [0.717, 1.165) is 18.6 Å². The Bertz CT molecular complexity index is 767. The van der Waals surface area contributed by atoms with Gasteiger partial charge in [-0.3, -0.25) is 4.79 Å². The van der Waals surface area contributed by atoms with Crippen LogP contribution in [-0.2, 0) is 0 Å². The number of amides is 1. The minimum absolute atomic E-state index is 0.0887. The number of pyridine rings is 1. The molecule has 2 fully saturated rings. The molecule has 3 heterocycles. The molecule has 2 aromatic rings. The fourth-order valence-electron chi connectivity index (χ4n) is 2.48. The van der Waals surface area contributed by atoms with Crippen LogP contribution in [0.5, 0.6) is 5.88 Å². The standard InChI is InChI=1S/C16H14N4O3/c17-6-10-1-4-15(18-7-10)22-12-8-20(9-12)16(21)13-5-14(23-19-13)11-2-3-11/h1,4-5,7,11-12H,2-3,8-9H2. The van der Waals surface area contributed by atoms with E-state index < -0.39 is 0 Å². The zero-order valence-electron chi connectivity index (χ0n) is 12.3. The number of likely N-dealkylation sites (tertiary alicyclic amines) is 1. The van der Waals surface area contributed by atoms with Crippen molar-refractivity contribution in [2.24, 2.45) is 0 Å². The van der Waals surface area contributed by atoms with Crippen LogP contribution in [0.25, 0.3) is 0 Å². The molecule has 0 aromatic carbocycles. The lowest BCUT2D eigenvalue weighted by atomic mass is 10.1. The molecule has 0 spiro atoms. The number of hydrogen-bond donors (Lipinski definition) is 0. The van der Waals surface area contributed by atoms with Crippen molar-refractivity contribution in [2.45, 2.75) is 24.9 Å². The average Bonchev–Trinajstić information content (AvgIpc) is 3.27. The van der Waals surface area contributed by atoms with Gasteiger partial charge in [0, 0.05) is 24.2 Å². The summed E-state index contributed by atoms with van der Waals surface area (Å²) >= 11 is 0. The summed E-state index contributed by atoms with van der Waals surface area (Å²) in [7, 11) is 0. The van der Waals surface area contributed by atoms with Crippen molar-refractivity contribution in [3.8, 4) is 11.9 Å². The highest BCUT2D eigenvalue weighted by molar-refractivity contribution is 5.92. The second-order valence-electron chi connectivity index (χ2n) is 5.84. The first kappa shape index (κ1) is 13.8. The Kier molecular flexibility index (Phi) is 3.23. The average molecular weight is 310 g/mol. The third kappa shape index (κ3) is 2.75. The number of ether oxygens (including phenoxy) is 1. The highest BCUT2D eigenvalue weighted by atomic mass is 16.5. The van der Waals surface area contributed by atoms with Crippen molar-refractivity contribution >= 4 is 5.91 Å². The third-order valence-electron chi connectivity index (χ3n) is 4.02. The van der Waals surface area contributed by atoms with Gasteiger partial charge in [-0.15, -0.1) is 0 Å². The van der Waals surface area contributed by atoms with Gasteiger partial charge in [0.15, 0.2) is 5.69 Å². The smallest absolute Gasteiger partial charge is 0.276 e. The summed E-state index contributed by atoms with van der Waals surface area (Å²) in [6.45, 7) is 0.984. The van der Waals surface area contributed by atoms with Crippen molar-refractivity contribution in [1.29, 1.82) is 5.26 Å². The number of rotatable bonds is 4. The first-order valence-electron chi connectivity index (χ1n) is 7.51. The number of nitriles is 1. The molecule has 116 valence electrons. The van der Waals surface area contributed by atoms with Gasteiger partial charge in [-0.2, -0.15) is 5.26 Å². The maximum atomic E-state index is 12.3. The van der Waals surface area contributed by atoms with Gasteiger partial charge in [0.2, 0.25) is 5.88 Å². The number of nitrogens with zero attached hydrogens (tertiary/aromatic N) is 4. The molecule has 2 aromatic heterocycles. The Hall–Kier alpha value is -2.88. The summed E-state index contributed by atoms with van der Waals surface area (Å²) in [5, 5.41) is 12.6. The predicted octanol–water partition coefficient (Wildman–Crippen LogP) is 1.72. The molecule has 1 aliphatic heterocycles. The molecule has 2 aliphatic rings. The van der Waals surface area contributed by atoms with Crippen LogP contribution >= 0.6 is 0 Å². The lowest BCUT2D eigenvalue weighted by Crippen LogP contribution is -2.56. The van der Waals surface area contributed by atoms with Gasteiger partial charge in [0.05, 0.1) is 18.7 Å². The molecule has 1 aliphatic carbocycles. The Balaban J connectivity index is 1.31. The normalized spacial score (nSPS) is 17.4. The van der Waals surface area contributed by atoms with Crippen LogP contribution in [0.4, 0.5) is 0 Å². The van der Waals surface area contributed by atoms with Crippen LogP contribution in [0.1, 0.15) is 40.6 Å². The minimum Gasteiger partial charge on any atom is -0.471 e. The van der Waals surface area contributed by atoms with Crippen molar-refractivity contribution < 1.29 is 14.1 Å². The zero-order valence-corrected chi connectivity index (χ0v) is 12.3. The van der Waals surface area contributed by atoms with E-state index in [1.54, 1.807) is 23.1 Å². The number of aromatic nitrogens is 2. The van der Waals surface area contributed by atoms with Gasteiger partial charge in [0.25, 0.3) is 5.91 Å². The van der Waals surface area contributed by atoms with E-state index in [4.69, 9.17) is 14.5 Å². The number of carbonyl (C=O) groups excluding carboxylic acids is 1. The van der Waals surface area contributed by atoms with Crippen LogP contribution in [0.2, 0.25) is 0 Å². The Morgan fingerprint density at radius 1 is 1.39 bits per heavy atom. The maximum absolute atomic E-state index is 12.3. The molecule has 0 bridgehead atoms. The van der Waals surface area contributed by atoms with Gasteiger partial charge in [0.1, 0.15) is 17.9 Å². The molecular formula is C16H14N4O3. The quantitative estimate of drug-likeness (QED) is 0.853. The Morgan fingerprint density at radius 3 is 2.87 bits per heavy atom. The second-order valence-corrected chi connectivity index (χ2v) is 5.84. The summed E-state index contributed by atoms with van der Waals surface area (Å²) in [5.41, 5.74) is 0.849. The molecule has 0 radical (unpaired) electrons. The second kappa shape index (κ2) is 5.39. The van der Waals surface area contributed by atoms with Gasteiger partial charge >= 0.3 is 0 Å². The van der Waals surface area contributed by atoms with E-state index in [0.29, 0.717) is 36.1 Å². The monoisotopic (exact) mass is 310 g/mol. The summed E-state index contributed by atoms with van der Waals surface area (Å²) in [6.07, 6.45) is 3.60. The Morgan fingerprint density at radius 2 is 2.22 bits per heavy atom. The summed E-state index contributed by atoms with van der Waals surface area (Å²) in [6, 6.07) is 7.06. The Labute approximate surface area is 132 Å². The zero-order chi connectivity index (χ0) is 15.8. The molecular weight excluding hydrogens is 296 g/mol. The van der Waals surface area contributed by atoms with Crippen molar-refractivity contribution in [3.05, 3.63) is 41.4 Å². The first-order valence-corrected chi connectivity index (χ1v) is 7.51. The summed E-state index contributed by atoms with van der Waals surface area (Å²) in [4.78, 5) is 18.0. The van der Waals surface area contributed by atoms with E-state index >= 15 is 0 Å². The maximum Gasteiger partial charge on any atom is 0.276 e. The fraction of sp³-hybridized carbons (Fsp3) is 0.375. The van der Waals surface area contributed by atoms with Gasteiger partial charge in [-0.05, 0) is 18.9 Å². The van der Waals surface area contributed by atoms with Gasteiger partial charge in [-0.25, -0.2) is 4.98 Å². The molecule has 1 saturated carbocycles. The SMILES string of the molecule is N#Cc1ccc(OC2CN(C(=O)c3cc(C4CC4)on3)C2)nc1. The van der Waals surface area contributed by atoms with Crippen molar-refractivity contribution in [3.63, 3.8) is 0 Å². The molecule has 0 N–H and O–H groups in total. The predicted molar refractivity (Wildman–Crippen MR) is 77.7 cm³/mol. The summed E-state index contributed by atoms with van der Waals surface area (Å²) < 4.78 is 10.9. The largest absolute Gasteiger partial charge is 0.471 e.